The molecule has 0 aliphatic rings. The summed E-state index contributed by atoms with van der Waals surface area (Å²) in [6, 6.07) is 0. The number of hydrogen-bond acceptors (Lipinski definition) is 2. The summed E-state index contributed by atoms with van der Waals surface area (Å²) in [4.78, 5) is 9.95. The third kappa shape index (κ3) is 2.53. The molecule has 0 saturated carbocycles. The Balaban J connectivity index is 3.35. The molecule has 1 atom stereocenters. The lowest BCUT2D eigenvalue weighted by Crippen LogP contribution is -2.09. The fraction of sp³-hybridized carbons (Fsp3) is 0.500. The van der Waals surface area contributed by atoms with E-state index in [0.29, 0.717) is 6.42 Å². The molecule has 0 aromatic rings. The maximum atomic E-state index is 9.95. The highest BCUT2D eigenvalue weighted by atomic mass is 16.5. The van der Waals surface area contributed by atoms with Crippen LogP contribution in [0.5, 0.6) is 0 Å². The zero-order valence-corrected chi connectivity index (χ0v) is 4.96. The van der Waals surface area contributed by atoms with E-state index in [1.165, 1.54) is 7.11 Å². The van der Waals surface area contributed by atoms with Crippen molar-refractivity contribution in [3.05, 3.63) is 12.7 Å². The van der Waals surface area contributed by atoms with Crippen molar-refractivity contribution in [2.75, 3.05) is 7.11 Å². The second-order valence-electron chi connectivity index (χ2n) is 1.43. The molecule has 0 spiro atoms. The number of carbonyl (C=O) groups is 1. The van der Waals surface area contributed by atoms with Gasteiger partial charge in [-0.3, -0.25) is 0 Å². The van der Waals surface area contributed by atoms with Gasteiger partial charge in [0.25, 0.3) is 0 Å². The van der Waals surface area contributed by atoms with Crippen LogP contribution < -0.4 is 0 Å². The molecule has 0 aliphatic heterocycles. The van der Waals surface area contributed by atoms with E-state index in [1.54, 1.807) is 6.08 Å². The molecule has 46 valence electrons. The summed E-state index contributed by atoms with van der Waals surface area (Å²) in [5, 5.41) is 0. The van der Waals surface area contributed by atoms with E-state index in [-0.39, 0.29) is 6.10 Å². The molecule has 0 aromatic heterocycles. The number of aldehydes is 1. The molecule has 0 N–H and O–H groups in total. The van der Waals surface area contributed by atoms with E-state index in [0.717, 1.165) is 6.29 Å². The van der Waals surface area contributed by atoms with E-state index in [2.05, 4.69) is 6.58 Å². The fourth-order valence-corrected chi connectivity index (χ4v) is 0.372. The molecule has 0 bridgehead atoms. The summed E-state index contributed by atoms with van der Waals surface area (Å²) in [5.41, 5.74) is 0. The first-order chi connectivity index (χ1) is 3.85. The number of ether oxygens (including phenoxy) is 1. The van der Waals surface area contributed by atoms with E-state index in [9.17, 15) is 4.79 Å². The lowest BCUT2D eigenvalue weighted by atomic mass is 10.3. The molecule has 0 fully saturated rings. The Morgan fingerprint density at radius 1 is 1.88 bits per heavy atom. The monoisotopic (exact) mass is 114 g/mol. The van der Waals surface area contributed by atoms with E-state index in [4.69, 9.17) is 4.74 Å². The predicted molar refractivity (Wildman–Crippen MR) is 31.7 cm³/mol. The number of carbonyl (C=O) groups excluding carboxylic acids is 1. The molecule has 0 aliphatic carbocycles. The Morgan fingerprint density at radius 2 is 2.50 bits per heavy atom. The Hall–Kier alpha value is -0.630. The van der Waals surface area contributed by atoms with E-state index in [1.807, 2.05) is 0 Å². The third-order valence-corrected chi connectivity index (χ3v) is 0.854. The molecule has 0 radical (unpaired) electrons. The number of methoxy groups -OCH3 is 1. The molecule has 0 saturated heterocycles. The first-order valence-electron chi connectivity index (χ1n) is 2.44. The predicted octanol–water partition coefficient (Wildman–Crippen LogP) is 0.776. The molecule has 2 nitrogen and oxygen atoms in total. The van der Waals surface area contributed by atoms with Crippen LogP contribution >= 0.6 is 0 Å². The maximum absolute atomic E-state index is 9.95. The summed E-state index contributed by atoms with van der Waals surface area (Å²) < 4.78 is 4.70. The summed E-state index contributed by atoms with van der Waals surface area (Å²) in [7, 11) is 1.50. The topological polar surface area (TPSA) is 26.3 Å². The van der Waals surface area contributed by atoms with Gasteiger partial charge in [0, 0.05) is 7.11 Å². The Labute approximate surface area is 49.1 Å². The molecule has 8 heavy (non-hydrogen) atoms. The van der Waals surface area contributed by atoms with Gasteiger partial charge in [0.05, 0.1) is 0 Å². The lowest BCUT2D eigenvalue weighted by molar-refractivity contribution is -0.116. The number of rotatable bonds is 4. The van der Waals surface area contributed by atoms with E-state index < -0.39 is 0 Å². The lowest BCUT2D eigenvalue weighted by Gasteiger charge is -2.01. The van der Waals surface area contributed by atoms with Crippen LogP contribution in [0.2, 0.25) is 0 Å². The van der Waals surface area contributed by atoms with Gasteiger partial charge < -0.3 is 9.53 Å². The van der Waals surface area contributed by atoms with Gasteiger partial charge in [0.1, 0.15) is 12.4 Å². The molecule has 0 rings (SSSR count). The van der Waals surface area contributed by atoms with Crippen LogP contribution in [0.25, 0.3) is 0 Å². The molecule has 0 aromatic carbocycles. The highest BCUT2D eigenvalue weighted by molar-refractivity contribution is 5.56. The minimum atomic E-state index is -0.299. The van der Waals surface area contributed by atoms with Crippen molar-refractivity contribution >= 4 is 6.29 Å². The van der Waals surface area contributed by atoms with Crippen molar-refractivity contribution in [2.24, 2.45) is 0 Å². The molecule has 0 amide bonds. The van der Waals surface area contributed by atoms with Gasteiger partial charge in [-0.1, -0.05) is 6.08 Å². The quantitative estimate of drug-likeness (QED) is 0.398. The van der Waals surface area contributed by atoms with Gasteiger partial charge in [-0.2, -0.15) is 0 Å². The van der Waals surface area contributed by atoms with Crippen LogP contribution in [-0.4, -0.2) is 19.5 Å². The molecular formula is C6H10O2. The maximum Gasteiger partial charge on any atom is 0.149 e. The normalized spacial score (nSPS) is 12.6. The second-order valence-corrected chi connectivity index (χ2v) is 1.43. The zero-order chi connectivity index (χ0) is 6.41. The fourth-order valence-electron chi connectivity index (χ4n) is 0.372. The first-order valence-corrected chi connectivity index (χ1v) is 2.44. The summed E-state index contributed by atoms with van der Waals surface area (Å²) in [6.07, 6.45) is 2.72. The first kappa shape index (κ1) is 7.37. The van der Waals surface area contributed by atoms with Crippen molar-refractivity contribution in [1.29, 1.82) is 0 Å². The summed E-state index contributed by atoms with van der Waals surface area (Å²) in [5.74, 6) is 0. The molecule has 1 unspecified atom stereocenters. The smallest absolute Gasteiger partial charge is 0.149 e. The summed E-state index contributed by atoms with van der Waals surface area (Å²) in [6.45, 7) is 3.46. The van der Waals surface area contributed by atoms with Crippen LogP contribution in [0.1, 0.15) is 6.42 Å². The van der Waals surface area contributed by atoms with Crippen molar-refractivity contribution in [3.63, 3.8) is 0 Å². The van der Waals surface area contributed by atoms with Crippen LogP contribution in [0.4, 0.5) is 0 Å². The zero-order valence-electron chi connectivity index (χ0n) is 4.96. The van der Waals surface area contributed by atoms with Crippen LogP contribution in [0.15, 0.2) is 12.7 Å². The van der Waals surface area contributed by atoms with Crippen LogP contribution in [-0.2, 0) is 9.53 Å². The van der Waals surface area contributed by atoms with Crippen molar-refractivity contribution in [2.45, 2.75) is 12.5 Å². The van der Waals surface area contributed by atoms with E-state index >= 15 is 0 Å². The number of hydrogen-bond donors (Lipinski definition) is 0. The minimum absolute atomic E-state index is 0.299. The van der Waals surface area contributed by atoms with Gasteiger partial charge in [-0.15, -0.1) is 6.58 Å². The SMILES string of the molecule is C=CCC(C=O)OC. The summed E-state index contributed by atoms with van der Waals surface area (Å²) >= 11 is 0. The highest BCUT2D eigenvalue weighted by Gasteiger charge is 1.98. The van der Waals surface area contributed by atoms with Crippen molar-refractivity contribution < 1.29 is 9.53 Å². The van der Waals surface area contributed by atoms with Crippen molar-refractivity contribution in [1.82, 2.24) is 0 Å². The Kier molecular flexibility index (Phi) is 4.17. The Morgan fingerprint density at radius 3 is 2.62 bits per heavy atom. The van der Waals surface area contributed by atoms with Gasteiger partial charge in [-0.25, -0.2) is 0 Å². The standard InChI is InChI=1S/C6H10O2/c1-3-4-6(5-7)8-2/h3,5-6H,1,4H2,2H3. The average Bonchev–Trinajstić information content (AvgIpc) is 1.83. The van der Waals surface area contributed by atoms with Gasteiger partial charge in [0.2, 0.25) is 0 Å². The molecule has 0 heterocycles. The molecular weight excluding hydrogens is 104 g/mol. The van der Waals surface area contributed by atoms with Gasteiger partial charge in [-0.05, 0) is 6.42 Å². The Bertz CT molecular complexity index is 78.6. The molecule has 2 heteroatoms. The van der Waals surface area contributed by atoms with Crippen molar-refractivity contribution in [3.8, 4) is 0 Å². The van der Waals surface area contributed by atoms with Crippen LogP contribution in [0, 0.1) is 0 Å². The average molecular weight is 114 g/mol. The van der Waals surface area contributed by atoms with Crippen LogP contribution in [0.3, 0.4) is 0 Å². The third-order valence-electron chi connectivity index (χ3n) is 0.854. The van der Waals surface area contributed by atoms with Gasteiger partial charge >= 0.3 is 0 Å². The minimum Gasteiger partial charge on any atom is -0.374 e. The highest BCUT2D eigenvalue weighted by Crippen LogP contribution is 1.91. The second kappa shape index (κ2) is 4.53. The largest absolute Gasteiger partial charge is 0.374 e. The van der Waals surface area contributed by atoms with Gasteiger partial charge in [0.15, 0.2) is 0 Å².